The summed E-state index contributed by atoms with van der Waals surface area (Å²) in [6.07, 6.45) is 11.1. The summed E-state index contributed by atoms with van der Waals surface area (Å²) in [7, 11) is 1.58. The van der Waals surface area contributed by atoms with Crippen molar-refractivity contribution in [3.63, 3.8) is 0 Å². The molecule has 196 valence electrons. The van der Waals surface area contributed by atoms with Gasteiger partial charge in [0.1, 0.15) is 11.7 Å². The molecule has 0 spiro atoms. The number of amides is 2. The van der Waals surface area contributed by atoms with Crippen LogP contribution in [0.5, 0.6) is 5.88 Å². The molecule has 0 aliphatic heterocycles. The van der Waals surface area contributed by atoms with Gasteiger partial charge in [-0.3, -0.25) is 19.0 Å². The molecule has 1 atom stereocenters. The smallest absolute Gasteiger partial charge is 0.270 e. The number of methoxy groups -OCH3 is 1. The molecular weight excluding hydrogens is 538 g/mol. The maximum Gasteiger partial charge on any atom is 0.270 e. The molecule has 2 fully saturated rings. The third-order valence-corrected chi connectivity index (χ3v) is 7.43. The predicted molar refractivity (Wildman–Crippen MR) is 141 cm³/mol. The topological polar surface area (TPSA) is 116 Å². The summed E-state index contributed by atoms with van der Waals surface area (Å²) in [5.74, 6) is 1.10. The monoisotopic (exact) mass is 569 g/mol. The number of halogens is 1. The minimum atomic E-state index is -0.624. The first-order chi connectivity index (χ1) is 17.8. The minimum absolute atomic E-state index is 0.0376. The van der Waals surface area contributed by atoms with Gasteiger partial charge in [-0.1, -0.05) is 0 Å². The molecule has 10 nitrogen and oxygen atoms in total. The van der Waals surface area contributed by atoms with Crippen LogP contribution in [0, 0.1) is 17.8 Å². The second-order valence-corrected chi connectivity index (χ2v) is 11.1. The molecule has 37 heavy (non-hydrogen) atoms. The standard InChI is InChI=1S/C26H32BrN7O3/c1-15(2)34-21(8-9-29-34)24(35)32-23(22(16-4-5-16)17-6-7-17)25(36)31-20-12-30-33(14-20)13-18-10-19(27)11-28-26(18)37-3/h8-12,14-17,22-23H,4-7,13H2,1-3H3,(H,31,36)(H,32,35). The summed E-state index contributed by atoms with van der Waals surface area (Å²) in [4.78, 5) is 31.2. The molecule has 2 N–H and O–H groups in total. The molecule has 11 heteroatoms. The minimum Gasteiger partial charge on any atom is -0.481 e. The van der Waals surface area contributed by atoms with Crippen LogP contribution in [0.3, 0.4) is 0 Å². The fourth-order valence-electron chi connectivity index (χ4n) is 5.02. The molecule has 0 bridgehead atoms. The molecule has 0 radical (unpaired) electrons. The maximum absolute atomic E-state index is 13.6. The Bertz CT molecular complexity index is 1270. The highest BCUT2D eigenvalue weighted by Gasteiger charge is 2.48. The zero-order valence-electron chi connectivity index (χ0n) is 21.2. The number of pyridine rings is 1. The maximum atomic E-state index is 13.6. The highest BCUT2D eigenvalue weighted by Crippen LogP contribution is 2.51. The Morgan fingerprint density at radius 3 is 2.54 bits per heavy atom. The van der Waals surface area contributed by atoms with Crippen LogP contribution in [0.2, 0.25) is 0 Å². The van der Waals surface area contributed by atoms with Crippen molar-refractivity contribution in [2.45, 2.75) is 58.2 Å². The average molecular weight is 570 g/mol. The zero-order valence-corrected chi connectivity index (χ0v) is 22.8. The van der Waals surface area contributed by atoms with Gasteiger partial charge in [0.15, 0.2) is 0 Å². The summed E-state index contributed by atoms with van der Waals surface area (Å²) >= 11 is 3.44. The van der Waals surface area contributed by atoms with Crippen LogP contribution in [0.1, 0.15) is 61.6 Å². The van der Waals surface area contributed by atoms with Crippen molar-refractivity contribution in [1.29, 1.82) is 0 Å². The molecule has 2 amide bonds. The SMILES string of the molecule is COc1ncc(Br)cc1Cn1cc(NC(=O)C(NC(=O)c2ccnn2C(C)C)C(C2CC2)C2CC2)cn1. The Labute approximate surface area is 224 Å². The van der Waals surface area contributed by atoms with E-state index in [0.717, 1.165) is 35.7 Å². The summed E-state index contributed by atoms with van der Waals surface area (Å²) in [6.45, 7) is 4.38. The number of rotatable bonds is 11. The van der Waals surface area contributed by atoms with E-state index in [2.05, 4.69) is 41.7 Å². The highest BCUT2D eigenvalue weighted by atomic mass is 79.9. The van der Waals surface area contributed by atoms with E-state index in [1.54, 1.807) is 47.3 Å². The van der Waals surface area contributed by atoms with Crippen molar-refractivity contribution in [3.8, 4) is 5.88 Å². The third-order valence-electron chi connectivity index (χ3n) is 7.00. The molecule has 3 aromatic rings. The van der Waals surface area contributed by atoms with Gasteiger partial charge in [-0.15, -0.1) is 0 Å². The number of anilines is 1. The number of carbonyl (C=O) groups excluding carboxylic acids is 2. The van der Waals surface area contributed by atoms with Crippen molar-refractivity contribution in [2.24, 2.45) is 17.8 Å². The molecule has 2 aliphatic rings. The largest absolute Gasteiger partial charge is 0.481 e. The molecule has 2 saturated carbocycles. The Morgan fingerprint density at radius 1 is 1.16 bits per heavy atom. The Morgan fingerprint density at radius 2 is 1.89 bits per heavy atom. The van der Waals surface area contributed by atoms with Crippen LogP contribution in [0.25, 0.3) is 0 Å². The third kappa shape index (κ3) is 5.87. The lowest BCUT2D eigenvalue weighted by molar-refractivity contribution is -0.119. The van der Waals surface area contributed by atoms with Crippen LogP contribution < -0.4 is 15.4 Å². The van der Waals surface area contributed by atoms with Gasteiger partial charge in [-0.2, -0.15) is 10.2 Å². The molecule has 5 rings (SSSR count). The van der Waals surface area contributed by atoms with Gasteiger partial charge in [0, 0.05) is 34.7 Å². The fraction of sp³-hybridized carbons (Fsp3) is 0.500. The lowest BCUT2D eigenvalue weighted by atomic mass is 9.88. The van der Waals surface area contributed by atoms with Crippen LogP contribution in [0.4, 0.5) is 5.69 Å². The van der Waals surface area contributed by atoms with Crippen molar-refractivity contribution >= 4 is 33.4 Å². The average Bonchev–Trinajstić information content (AvgIpc) is 3.79. The van der Waals surface area contributed by atoms with Crippen molar-refractivity contribution < 1.29 is 14.3 Å². The summed E-state index contributed by atoms with van der Waals surface area (Å²) in [6, 6.07) is 3.04. The van der Waals surface area contributed by atoms with Gasteiger partial charge in [0.25, 0.3) is 5.91 Å². The van der Waals surface area contributed by atoms with Crippen molar-refractivity contribution in [3.05, 3.63) is 52.7 Å². The lowest BCUT2D eigenvalue weighted by Crippen LogP contribution is -2.50. The van der Waals surface area contributed by atoms with Crippen LogP contribution in [0.15, 0.2) is 41.4 Å². The van der Waals surface area contributed by atoms with Gasteiger partial charge >= 0.3 is 0 Å². The van der Waals surface area contributed by atoms with Crippen LogP contribution in [-0.2, 0) is 11.3 Å². The second-order valence-electron chi connectivity index (χ2n) is 10.2. The normalized spacial score (nSPS) is 16.2. The molecule has 0 saturated heterocycles. The van der Waals surface area contributed by atoms with E-state index in [9.17, 15) is 9.59 Å². The fourth-order valence-corrected chi connectivity index (χ4v) is 5.40. The Kier molecular flexibility index (Phi) is 7.32. The number of nitrogens with one attached hydrogen (secondary N) is 2. The van der Waals surface area contributed by atoms with Gasteiger partial charge in [-0.05, 0) is 85.3 Å². The number of aromatic nitrogens is 5. The quantitative estimate of drug-likeness (QED) is 0.360. The first kappa shape index (κ1) is 25.4. The Balaban J connectivity index is 1.33. The zero-order chi connectivity index (χ0) is 26.1. The molecule has 1 unspecified atom stereocenters. The number of nitrogens with zero attached hydrogens (tertiary/aromatic N) is 5. The highest BCUT2D eigenvalue weighted by molar-refractivity contribution is 9.10. The number of hydrogen-bond acceptors (Lipinski definition) is 6. The van der Waals surface area contributed by atoms with Gasteiger partial charge < -0.3 is 15.4 Å². The number of hydrogen-bond donors (Lipinski definition) is 2. The first-order valence-corrected chi connectivity index (χ1v) is 13.5. The number of carbonyl (C=O) groups is 2. The molecule has 2 aliphatic carbocycles. The van der Waals surface area contributed by atoms with E-state index in [1.165, 1.54) is 0 Å². The summed E-state index contributed by atoms with van der Waals surface area (Å²) in [5.41, 5.74) is 1.89. The van der Waals surface area contributed by atoms with Gasteiger partial charge in [0.2, 0.25) is 11.8 Å². The van der Waals surface area contributed by atoms with E-state index in [1.807, 2.05) is 19.9 Å². The lowest BCUT2D eigenvalue weighted by Gasteiger charge is -2.27. The first-order valence-electron chi connectivity index (χ1n) is 12.7. The number of ether oxygens (including phenoxy) is 1. The summed E-state index contributed by atoms with van der Waals surface area (Å²) < 4.78 is 9.60. The van der Waals surface area contributed by atoms with Gasteiger partial charge in [-0.25, -0.2) is 4.98 Å². The van der Waals surface area contributed by atoms with E-state index in [-0.39, 0.29) is 23.8 Å². The van der Waals surface area contributed by atoms with E-state index in [0.29, 0.717) is 35.6 Å². The molecule has 0 aromatic carbocycles. The van der Waals surface area contributed by atoms with Gasteiger partial charge in [0.05, 0.1) is 25.5 Å². The second kappa shape index (κ2) is 10.6. The van der Waals surface area contributed by atoms with Crippen LogP contribution in [-0.4, -0.2) is 49.5 Å². The summed E-state index contributed by atoms with van der Waals surface area (Å²) in [5, 5.41) is 14.8. The molecule has 3 heterocycles. The molecular formula is C26H32BrN7O3. The predicted octanol–water partition coefficient (Wildman–Crippen LogP) is 4.05. The Hall–Kier alpha value is -3.21. The van der Waals surface area contributed by atoms with Crippen molar-refractivity contribution in [1.82, 2.24) is 29.9 Å². The van der Waals surface area contributed by atoms with Crippen LogP contribution >= 0.6 is 15.9 Å². The van der Waals surface area contributed by atoms with E-state index < -0.39 is 6.04 Å². The van der Waals surface area contributed by atoms with Crippen molar-refractivity contribution in [2.75, 3.05) is 12.4 Å². The van der Waals surface area contributed by atoms with E-state index in [4.69, 9.17) is 4.74 Å². The van der Waals surface area contributed by atoms with E-state index >= 15 is 0 Å². The molecule has 3 aromatic heterocycles.